The van der Waals surface area contributed by atoms with E-state index in [-0.39, 0.29) is 5.84 Å². The number of nitrogen functional groups attached to an aromatic ring is 1. The molecule has 0 spiro atoms. The second kappa shape index (κ2) is 5.63. The van der Waals surface area contributed by atoms with Gasteiger partial charge in [-0.15, -0.1) is 0 Å². The van der Waals surface area contributed by atoms with Gasteiger partial charge in [0.05, 0.1) is 5.56 Å². The number of rotatable bonds is 3. The zero-order valence-electron chi connectivity index (χ0n) is 10.2. The number of ether oxygens (including phenoxy) is 1. The Morgan fingerprint density at radius 1 is 1.26 bits per heavy atom. The normalized spacial score (nSPS) is 10.3. The number of nitrogens with one attached hydrogen (secondary N) is 1. The van der Waals surface area contributed by atoms with Crippen LogP contribution < -0.4 is 10.5 Å². The predicted octanol–water partition coefficient (Wildman–Crippen LogP) is 4.49. The van der Waals surface area contributed by atoms with Crippen molar-refractivity contribution in [2.45, 2.75) is 6.92 Å². The molecule has 0 aliphatic rings. The van der Waals surface area contributed by atoms with Gasteiger partial charge >= 0.3 is 0 Å². The summed E-state index contributed by atoms with van der Waals surface area (Å²) in [6.45, 7) is 1.91. The maximum Gasteiger partial charge on any atom is 0.139 e. The number of benzene rings is 2. The molecule has 19 heavy (non-hydrogen) atoms. The first-order valence-electron chi connectivity index (χ1n) is 5.56. The number of aryl methyl sites for hydroxylation is 1. The van der Waals surface area contributed by atoms with Gasteiger partial charge in [-0.2, -0.15) is 0 Å². The standard InChI is InChI=1S/C14H12BrClN2O/c1-8-7-9(16)5-6-11(8)19-12-4-2-3-10(15)13(12)14(17)18/h2-7H,1H3,(H3,17,18). The highest BCUT2D eigenvalue weighted by molar-refractivity contribution is 9.10. The van der Waals surface area contributed by atoms with Crippen molar-refractivity contribution in [3.05, 3.63) is 57.0 Å². The van der Waals surface area contributed by atoms with Crippen molar-refractivity contribution < 1.29 is 4.74 Å². The Balaban J connectivity index is 2.44. The van der Waals surface area contributed by atoms with E-state index in [2.05, 4.69) is 15.9 Å². The van der Waals surface area contributed by atoms with Gasteiger partial charge in [0, 0.05) is 9.50 Å². The molecule has 0 aliphatic heterocycles. The summed E-state index contributed by atoms with van der Waals surface area (Å²) in [7, 11) is 0. The fourth-order valence-electron chi connectivity index (χ4n) is 1.70. The molecule has 98 valence electrons. The molecule has 0 atom stereocenters. The summed E-state index contributed by atoms with van der Waals surface area (Å²) in [6.07, 6.45) is 0. The quantitative estimate of drug-likeness (QED) is 0.639. The first kappa shape index (κ1) is 13.9. The molecule has 2 rings (SSSR count). The van der Waals surface area contributed by atoms with E-state index in [4.69, 9.17) is 27.5 Å². The van der Waals surface area contributed by atoms with Crippen LogP contribution in [-0.4, -0.2) is 5.84 Å². The second-order valence-electron chi connectivity index (χ2n) is 4.04. The zero-order chi connectivity index (χ0) is 14.0. The highest BCUT2D eigenvalue weighted by Crippen LogP contribution is 2.32. The molecule has 2 aromatic carbocycles. The summed E-state index contributed by atoms with van der Waals surface area (Å²) in [4.78, 5) is 0. The van der Waals surface area contributed by atoms with Crippen molar-refractivity contribution in [2.24, 2.45) is 5.73 Å². The van der Waals surface area contributed by atoms with Crippen LogP contribution in [0.2, 0.25) is 5.02 Å². The SMILES string of the molecule is Cc1cc(Cl)ccc1Oc1cccc(Br)c1C(=N)N. The Morgan fingerprint density at radius 3 is 2.63 bits per heavy atom. The molecule has 5 heteroatoms. The van der Waals surface area contributed by atoms with Crippen LogP contribution in [0.5, 0.6) is 11.5 Å². The summed E-state index contributed by atoms with van der Waals surface area (Å²) in [5.41, 5.74) is 7.04. The van der Waals surface area contributed by atoms with E-state index >= 15 is 0 Å². The van der Waals surface area contributed by atoms with Gasteiger partial charge in [0.15, 0.2) is 0 Å². The first-order valence-corrected chi connectivity index (χ1v) is 6.73. The van der Waals surface area contributed by atoms with Gasteiger partial charge in [-0.3, -0.25) is 5.41 Å². The zero-order valence-corrected chi connectivity index (χ0v) is 12.5. The highest BCUT2D eigenvalue weighted by Gasteiger charge is 2.12. The summed E-state index contributed by atoms with van der Waals surface area (Å²) in [5.74, 6) is 1.17. The topological polar surface area (TPSA) is 59.1 Å². The van der Waals surface area contributed by atoms with Crippen molar-refractivity contribution in [3.63, 3.8) is 0 Å². The summed E-state index contributed by atoms with van der Waals surface area (Å²) in [6, 6.07) is 10.8. The highest BCUT2D eigenvalue weighted by atomic mass is 79.9. The second-order valence-corrected chi connectivity index (χ2v) is 5.33. The Morgan fingerprint density at radius 2 is 2.00 bits per heavy atom. The summed E-state index contributed by atoms with van der Waals surface area (Å²) < 4.78 is 6.55. The van der Waals surface area contributed by atoms with Gasteiger partial charge in [0.2, 0.25) is 0 Å². The minimum atomic E-state index is -0.0471. The van der Waals surface area contributed by atoms with Gasteiger partial charge < -0.3 is 10.5 Å². The van der Waals surface area contributed by atoms with Gasteiger partial charge in [-0.05, 0) is 58.7 Å². The van der Waals surface area contributed by atoms with Gasteiger partial charge in [0.25, 0.3) is 0 Å². The molecule has 0 aromatic heterocycles. The number of amidine groups is 1. The van der Waals surface area contributed by atoms with Crippen LogP contribution in [0.4, 0.5) is 0 Å². The molecule has 0 unspecified atom stereocenters. The van der Waals surface area contributed by atoms with Crippen LogP contribution in [0.15, 0.2) is 40.9 Å². The van der Waals surface area contributed by atoms with Gasteiger partial charge in [-0.1, -0.05) is 17.7 Å². The number of halogens is 2. The van der Waals surface area contributed by atoms with E-state index < -0.39 is 0 Å². The van der Waals surface area contributed by atoms with E-state index in [9.17, 15) is 0 Å². The lowest BCUT2D eigenvalue weighted by molar-refractivity contribution is 0.477. The number of hydrogen-bond donors (Lipinski definition) is 2. The number of nitrogens with two attached hydrogens (primary N) is 1. The molecule has 0 saturated carbocycles. The van der Waals surface area contributed by atoms with Crippen molar-refractivity contribution >= 4 is 33.4 Å². The molecule has 2 aromatic rings. The van der Waals surface area contributed by atoms with Crippen LogP contribution in [0.1, 0.15) is 11.1 Å². The summed E-state index contributed by atoms with van der Waals surface area (Å²) >= 11 is 9.28. The average Bonchev–Trinajstić information content (AvgIpc) is 2.32. The van der Waals surface area contributed by atoms with Crippen molar-refractivity contribution in [1.29, 1.82) is 5.41 Å². The fraction of sp³-hybridized carbons (Fsp3) is 0.0714. The van der Waals surface area contributed by atoms with Crippen molar-refractivity contribution in [1.82, 2.24) is 0 Å². The molecule has 3 nitrogen and oxygen atoms in total. The minimum Gasteiger partial charge on any atom is -0.456 e. The van der Waals surface area contributed by atoms with Gasteiger partial charge in [0.1, 0.15) is 17.3 Å². The van der Waals surface area contributed by atoms with E-state index in [1.54, 1.807) is 18.2 Å². The Bertz CT molecular complexity index is 643. The van der Waals surface area contributed by atoms with Crippen molar-refractivity contribution in [2.75, 3.05) is 0 Å². The molecule has 0 radical (unpaired) electrons. The van der Waals surface area contributed by atoms with Crippen LogP contribution in [-0.2, 0) is 0 Å². The molecule has 0 heterocycles. The van der Waals surface area contributed by atoms with E-state index in [0.717, 1.165) is 10.0 Å². The predicted molar refractivity (Wildman–Crippen MR) is 81.4 cm³/mol. The minimum absolute atomic E-state index is 0.0471. The van der Waals surface area contributed by atoms with Crippen molar-refractivity contribution in [3.8, 4) is 11.5 Å². The maximum absolute atomic E-state index is 7.62. The summed E-state index contributed by atoms with van der Waals surface area (Å²) in [5, 5.41) is 8.28. The molecule has 0 fully saturated rings. The molecule has 0 saturated heterocycles. The third-order valence-corrected chi connectivity index (χ3v) is 3.50. The lowest BCUT2D eigenvalue weighted by Crippen LogP contribution is -2.13. The van der Waals surface area contributed by atoms with Crippen LogP contribution in [0.3, 0.4) is 0 Å². The van der Waals surface area contributed by atoms with E-state index in [1.165, 1.54) is 0 Å². The Kier molecular flexibility index (Phi) is 4.12. The maximum atomic E-state index is 7.62. The third kappa shape index (κ3) is 3.08. The lowest BCUT2D eigenvalue weighted by atomic mass is 10.1. The third-order valence-electron chi connectivity index (χ3n) is 2.60. The van der Waals surface area contributed by atoms with Crippen LogP contribution >= 0.6 is 27.5 Å². The van der Waals surface area contributed by atoms with Crippen LogP contribution in [0, 0.1) is 12.3 Å². The largest absolute Gasteiger partial charge is 0.456 e. The molecule has 0 aliphatic carbocycles. The molecule has 0 bridgehead atoms. The molecular formula is C14H12BrClN2O. The van der Waals surface area contributed by atoms with E-state index in [1.807, 2.05) is 25.1 Å². The lowest BCUT2D eigenvalue weighted by Gasteiger charge is -2.13. The monoisotopic (exact) mass is 338 g/mol. The molecule has 0 amide bonds. The average molecular weight is 340 g/mol. The van der Waals surface area contributed by atoms with Crippen LogP contribution in [0.25, 0.3) is 0 Å². The molecular weight excluding hydrogens is 328 g/mol. The van der Waals surface area contributed by atoms with E-state index in [0.29, 0.717) is 22.1 Å². The first-order chi connectivity index (χ1) is 8.99. The Labute approximate surface area is 125 Å². The van der Waals surface area contributed by atoms with Gasteiger partial charge in [-0.25, -0.2) is 0 Å². The fourth-order valence-corrected chi connectivity index (χ4v) is 2.48. The smallest absolute Gasteiger partial charge is 0.139 e. The Hall–Kier alpha value is -1.52. The molecule has 3 N–H and O–H groups in total. The number of hydrogen-bond acceptors (Lipinski definition) is 2.